The van der Waals surface area contributed by atoms with E-state index < -0.39 is 35.5 Å². The molecule has 1 unspecified atom stereocenters. The number of hydrogen-bond donors (Lipinski definition) is 0. The quantitative estimate of drug-likeness (QED) is 0.608. The minimum atomic E-state index is -1.32. The Morgan fingerprint density at radius 2 is 1.58 bits per heavy atom. The number of halogens is 2. The zero-order valence-corrected chi connectivity index (χ0v) is 13.9. The zero-order valence-electron chi connectivity index (χ0n) is 13.9. The highest BCUT2D eigenvalue weighted by Gasteiger charge is 2.43. The molecule has 2 aromatic rings. The molecule has 0 aliphatic carbocycles. The summed E-state index contributed by atoms with van der Waals surface area (Å²) in [6.07, 6.45) is -0.251. The van der Waals surface area contributed by atoms with Gasteiger partial charge < -0.3 is 4.74 Å². The van der Waals surface area contributed by atoms with Crippen molar-refractivity contribution in [2.45, 2.75) is 19.4 Å². The molecule has 1 atom stereocenters. The van der Waals surface area contributed by atoms with E-state index in [0.717, 1.165) is 17.0 Å². The summed E-state index contributed by atoms with van der Waals surface area (Å²) in [5.41, 5.74) is 0.492. The van der Waals surface area contributed by atoms with Gasteiger partial charge in [0.25, 0.3) is 11.8 Å². The molecule has 0 radical (unpaired) electrons. The minimum Gasteiger partial charge on any atom is -0.464 e. The Bertz CT molecular complexity index is 842. The topological polar surface area (TPSA) is 63.7 Å². The van der Waals surface area contributed by atoms with E-state index in [1.54, 1.807) is 19.1 Å². The van der Waals surface area contributed by atoms with Crippen LogP contribution in [0, 0.1) is 11.6 Å². The number of nitrogens with zero attached hydrogens (tertiary/aromatic N) is 1. The first-order valence-electron chi connectivity index (χ1n) is 8.01. The third-order valence-corrected chi connectivity index (χ3v) is 4.05. The van der Waals surface area contributed by atoms with Gasteiger partial charge in [0.15, 0.2) is 0 Å². The normalized spacial score (nSPS) is 14.3. The van der Waals surface area contributed by atoms with Gasteiger partial charge in [0.1, 0.15) is 17.7 Å². The molecule has 134 valence electrons. The number of carbonyl (C=O) groups excluding carboxylic acids is 3. The molecule has 26 heavy (non-hydrogen) atoms. The average molecular weight is 359 g/mol. The number of carbonyl (C=O) groups is 3. The molecular weight excluding hydrogens is 344 g/mol. The molecule has 0 spiro atoms. The maximum Gasteiger partial charge on any atom is 0.329 e. The number of benzene rings is 2. The van der Waals surface area contributed by atoms with Gasteiger partial charge in [-0.25, -0.2) is 13.6 Å². The Morgan fingerprint density at radius 3 is 2.08 bits per heavy atom. The Balaban J connectivity index is 1.98. The van der Waals surface area contributed by atoms with E-state index in [1.807, 2.05) is 0 Å². The van der Waals surface area contributed by atoms with Crippen molar-refractivity contribution in [3.8, 4) is 0 Å². The van der Waals surface area contributed by atoms with E-state index in [1.165, 1.54) is 12.1 Å². The number of hydrogen-bond acceptors (Lipinski definition) is 4. The molecule has 1 heterocycles. The van der Waals surface area contributed by atoms with Crippen molar-refractivity contribution in [1.29, 1.82) is 0 Å². The molecule has 0 bridgehead atoms. The lowest BCUT2D eigenvalue weighted by molar-refractivity contribution is -0.147. The maximum atomic E-state index is 13.5. The van der Waals surface area contributed by atoms with Crippen LogP contribution in [-0.4, -0.2) is 35.3 Å². The predicted octanol–water partition coefficient (Wildman–Crippen LogP) is 2.74. The molecule has 2 aromatic carbocycles. The summed E-state index contributed by atoms with van der Waals surface area (Å²) in [5.74, 6) is -3.72. The second kappa shape index (κ2) is 7.03. The summed E-state index contributed by atoms with van der Waals surface area (Å²) < 4.78 is 31.9. The monoisotopic (exact) mass is 359 g/mol. The molecule has 2 amide bonds. The fraction of sp³-hybridized carbons (Fsp3) is 0.211. The Kier molecular flexibility index (Phi) is 4.79. The molecule has 0 aromatic heterocycles. The molecule has 5 nitrogen and oxygen atoms in total. The van der Waals surface area contributed by atoms with Crippen molar-refractivity contribution < 1.29 is 27.9 Å². The summed E-state index contributed by atoms with van der Waals surface area (Å²) in [4.78, 5) is 38.4. The van der Waals surface area contributed by atoms with Gasteiger partial charge in [-0.05, 0) is 36.8 Å². The third kappa shape index (κ3) is 3.20. The van der Waals surface area contributed by atoms with Crippen LogP contribution in [-0.2, 0) is 16.0 Å². The first kappa shape index (κ1) is 17.7. The first-order chi connectivity index (χ1) is 12.4. The molecule has 1 aliphatic rings. The largest absolute Gasteiger partial charge is 0.464 e. The standard InChI is InChI=1S/C19H15F2NO4/c1-2-26-19(25)16(9-11-7-12(20)10-13(21)8-11)22-17(23)14-5-3-4-6-15(14)18(22)24/h3-8,10,16H,2,9H2,1H3. The van der Waals surface area contributed by atoms with E-state index in [-0.39, 0.29) is 29.7 Å². The van der Waals surface area contributed by atoms with Crippen LogP contribution in [0.3, 0.4) is 0 Å². The van der Waals surface area contributed by atoms with Gasteiger partial charge in [0, 0.05) is 12.5 Å². The number of esters is 1. The minimum absolute atomic E-state index is 0.0377. The molecule has 0 saturated heterocycles. The highest BCUT2D eigenvalue weighted by atomic mass is 19.1. The molecule has 0 fully saturated rings. The lowest BCUT2D eigenvalue weighted by Crippen LogP contribution is -2.47. The van der Waals surface area contributed by atoms with Crippen LogP contribution in [0.5, 0.6) is 0 Å². The summed E-state index contributed by atoms with van der Waals surface area (Å²) in [7, 11) is 0. The van der Waals surface area contributed by atoms with Gasteiger partial charge >= 0.3 is 5.97 Å². The summed E-state index contributed by atoms with van der Waals surface area (Å²) in [5, 5.41) is 0. The van der Waals surface area contributed by atoms with Gasteiger partial charge in [0.05, 0.1) is 17.7 Å². The van der Waals surface area contributed by atoms with E-state index in [0.29, 0.717) is 6.07 Å². The van der Waals surface area contributed by atoms with Crippen molar-refractivity contribution in [2.75, 3.05) is 6.61 Å². The van der Waals surface area contributed by atoms with Crippen LogP contribution < -0.4 is 0 Å². The average Bonchev–Trinajstić information content (AvgIpc) is 2.84. The SMILES string of the molecule is CCOC(=O)C(Cc1cc(F)cc(F)c1)N1C(=O)c2ccccc2C1=O. The lowest BCUT2D eigenvalue weighted by Gasteiger charge is -2.24. The fourth-order valence-electron chi connectivity index (χ4n) is 2.96. The van der Waals surface area contributed by atoms with Crippen LogP contribution in [0.4, 0.5) is 8.78 Å². The highest BCUT2D eigenvalue weighted by molar-refractivity contribution is 6.22. The second-order valence-corrected chi connectivity index (χ2v) is 5.78. The Hall–Kier alpha value is -3.09. The van der Waals surface area contributed by atoms with Crippen LogP contribution in [0.2, 0.25) is 0 Å². The van der Waals surface area contributed by atoms with E-state index in [4.69, 9.17) is 4.74 Å². The van der Waals surface area contributed by atoms with Gasteiger partial charge in [-0.1, -0.05) is 12.1 Å². The summed E-state index contributed by atoms with van der Waals surface area (Å²) in [6.45, 7) is 1.62. The summed E-state index contributed by atoms with van der Waals surface area (Å²) >= 11 is 0. The molecule has 0 saturated carbocycles. The molecular formula is C19H15F2NO4. The number of fused-ring (bicyclic) bond motifs is 1. The molecule has 0 N–H and O–H groups in total. The second-order valence-electron chi connectivity index (χ2n) is 5.78. The van der Waals surface area contributed by atoms with Crippen molar-refractivity contribution in [3.63, 3.8) is 0 Å². The van der Waals surface area contributed by atoms with Gasteiger partial charge in [0.2, 0.25) is 0 Å². The lowest BCUT2D eigenvalue weighted by atomic mass is 10.0. The van der Waals surface area contributed by atoms with Crippen LogP contribution in [0.15, 0.2) is 42.5 Å². The Morgan fingerprint density at radius 1 is 1.04 bits per heavy atom. The highest BCUT2D eigenvalue weighted by Crippen LogP contribution is 2.26. The van der Waals surface area contributed by atoms with Crippen molar-refractivity contribution in [3.05, 3.63) is 70.8 Å². The summed E-state index contributed by atoms with van der Waals surface area (Å²) in [6, 6.07) is 7.66. The zero-order chi connectivity index (χ0) is 18.8. The smallest absolute Gasteiger partial charge is 0.329 e. The fourth-order valence-corrected chi connectivity index (χ4v) is 2.96. The maximum absolute atomic E-state index is 13.5. The van der Waals surface area contributed by atoms with Gasteiger partial charge in [-0.3, -0.25) is 14.5 Å². The third-order valence-electron chi connectivity index (χ3n) is 4.05. The molecule has 1 aliphatic heterocycles. The Labute approximate surface area is 148 Å². The van der Waals surface area contributed by atoms with Crippen LogP contribution in [0.25, 0.3) is 0 Å². The molecule has 7 heteroatoms. The molecule has 3 rings (SSSR count). The first-order valence-corrected chi connectivity index (χ1v) is 8.01. The van der Waals surface area contributed by atoms with E-state index in [9.17, 15) is 23.2 Å². The number of rotatable bonds is 5. The van der Waals surface area contributed by atoms with E-state index >= 15 is 0 Å². The van der Waals surface area contributed by atoms with Crippen molar-refractivity contribution in [2.24, 2.45) is 0 Å². The van der Waals surface area contributed by atoms with Gasteiger partial charge in [-0.15, -0.1) is 0 Å². The van der Waals surface area contributed by atoms with Crippen molar-refractivity contribution in [1.82, 2.24) is 4.90 Å². The number of imide groups is 1. The van der Waals surface area contributed by atoms with Crippen LogP contribution >= 0.6 is 0 Å². The van der Waals surface area contributed by atoms with Gasteiger partial charge in [-0.2, -0.15) is 0 Å². The predicted molar refractivity (Wildman–Crippen MR) is 87.4 cm³/mol. The van der Waals surface area contributed by atoms with Crippen molar-refractivity contribution >= 4 is 17.8 Å². The van der Waals surface area contributed by atoms with E-state index in [2.05, 4.69) is 0 Å². The number of amides is 2. The number of ether oxygens (including phenoxy) is 1. The van der Waals surface area contributed by atoms with Crippen LogP contribution in [0.1, 0.15) is 33.2 Å².